The van der Waals surface area contributed by atoms with Gasteiger partial charge in [0.25, 0.3) is 0 Å². The minimum Gasteiger partial charge on any atom is -0.461 e. The van der Waals surface area contributed by atoms with Crippen LogP contribution in [0.3, 0.4) is 0 Å². The molecule has 5 nitrogen and oxygen atoms in total. The van der Waals surface area contributed by atoms with E-state index in [9.17, 15) is 9.59 Å². The van der Waals surface area contributed by atoms with Gasteiger partial charge in [0.05, 0.1) is 11.5 Å². The molecule has 2 rings (SSSR count). The molecule has 6 heteroatoms. The molecule has 112 valence electrons. The van der Waals surface area contributed by atoms with Crippen molar-refractivity contribution in [2.24, 2.45) is 0 Å². The van der Waals surface area contributed by atoms with Crippen molar-refractivity contribution < 1.29 is 9.53 Å². The van der Waals surface area contributed by atoms with E-state index in [-0.39, 0.29) is 4.87 Å². The van der Waals surface area contributed by atoms with E-state index in [1.807, 2.05) is 0 Å². The maximum Gasteiger partial charge on any atom is 0.356 e. The number of nitrogens with one attached hydrogen (secondary N) is 1. The van der Waals surface area contributed by atoms with E-state index < -0.39 is 5.97 Å². The number of thiazole rings is 1. The third-order valence-corrected chi connectivity index (χ3v) is 4.77. The molecule has 1 fully saturated rings. The lowest BCUT2D eigenvalue weighted by Crippen LogP contribution is -2.43. The zero-order valence-electron chi connectivity index (χ0n) is 12.3. The van der Waals surface area contributed by atoms with Crippen LogP contribution in [0.25, 0.3) is 0 Å². The Kier molecular flexibility index (Phi) is 4.99. The third kappa shape index (κ3) is 3.30. The SMILES string of the molecule is CCOC(=O)c1[nH]c(=O)sc1CN1C(C)CCCC1C. The van der Waals surface area contributed by atoms with Crippen LogP contribution >= 0.6 is 11.3 Å². The van der Waals surface area contributed by atoms with E-state index in [0.717, 1.165) is 16.2 Å². The molecule has 1 aliphatic heterocycles. The summed E-state index contributed by atoms with van der Waals surface area (Å²) in [4.78, 5) is 29.0. The number of carbonyl (C=O) groups is 1. The molecule has 0 radical (unpaired) electrons. The first-order valence-corrected chi connectivity index (χ1v) is 7.99. The highest BCUT2D eigenvalue weighted by Gasteiger charge is 2.27. The second kappa shape index (κ2) is 6.54. The lowest BCUT2D eigenvalue weighted by molar-refractivity contribution is 0.0513. The zero-order valence-corrected chi connectivity index (χ0v) is 13.1. The summed E-state index contributed by atoms with van der Waals surface area (Å²) in [5, 5.41) is 0. The number of H-pyrrole nitrogens is 1. The number of carbonyl (C=O) groups excluding carboxylic acids is 1. The van der Waals surface area contributed by atoms with Gasteiger partial charge in [0.2, 0.25) is 0 Å². The molecule has 0 saturated carbocycles. The molecule has 2 unspecified atom stereocenters. The highest BCUT2D eigenvalue weighted by molar-refractivity contribution is 7.09. The summed E-state index contributed by atoms with van der Waals surface area (Å²) in [6.45, 7) is 7.12. The molecule has 2 heterocycles. The molecule has 1 aromatic rings. The molecule has 2 atom stereocenters. The van der Waals surface area contributed by atoms with Gasteiger partial charge in [-0.05, 0) is 33.6 Å². The molecule has 0 spiro atoms. The van der Waals surface area contributed by atoms with E-state index in [1.54, 1.807) is 6.92 Å². The van der Waals surface area contributed by atoms with Crippen molar-refractivity contribution in [2.75, 3.05) is 6.61 Å². The molecular weight excluding hydrogens is 276 g/mol. The molecule has 1 aromatic heterocycles. The Labute approximate surface area is 122 Å². The number of aromatic nitrogens is 1. The summed E-state index contributed by atoms with van der Waals surface area (Å²) in [5.74, 6) is -0.432. The first kappa shape index (κ1) is 15.3. The Morgan fingerprint density at radius 2 is 2.05 bits per heavy atom. The monoisotopic (exact) mass is 298 g/mol. The number of ether oxygens (including phenoxy) is 1. The fourth-order valence-electron chi connectivity index (χ4n) is 2.79. The van der Waals surface area contributed by atoms with Gasteiger partial charge in [0, 0.05) is 18.6 Å². The van der Waals surface area contributed by atoms with Crippen molar-refractivity contribution in [1.29, 1.82) is 0 Å². The second-order valence-electron chi connectivity index (χ2n) is 5.33. The molecule has 1 N–H and O–H groups in total. The van der Waals surface area contributed by atoms with Gasteiger partial charge in [-0.25, -0.2) is 4.79 Å². The third-order valence-electron chi connectivity index (χ3n) is 3.90. The largest absolute Gasteiger partial charge is 0.461 e. The minimum absolute atomic E-state index is 0.194. The highest BCUT2D eigenvalue weighted by atomic mass is 32.1. The lowest BCUT2D eigenvalue weighted by atomic mass is 9.97. The van der Waals surface area contributed by atoms with Gasteiger partial charge in [-0.15, -0.1) is 0 Å². The summed E-state index contributed by atoms with van der Waals surface area (Å²) in [7, 11) is 0. The number of hydrogen-bond acceptors (Lipinski definition) is 5. The minimum atomic E-state index is -0.432. The van der Waals surface area contributed by atoms with Crippen LogP contribution in [0, 0.1) is 0 Å². The van der Waals surface area contributed by atoms with Crippen LogP contribution in [0.4, 0.5) is 0 Å². The van der Waals surface area contributed by atoms with Gasteiger partial charge < -0.3 is 9.72 Å². The Bertz CT molecular complexity index is 513. The summed E-state index contributed by atoms with van der Waals surface area (Å²) in [6, 6.07) is 0.956. The Morgan fingerprint density at radius 1 is 1.40 bits per heavy atom. The maximum atomic E-state index is 11.9. The molecule has 0 bridgehead atoms. The van der Waals surface area contributed by atoms with E-state index in [4.69, 9.17) is 4.74 Å². The van der Waals surface area contributed by atoms with E-state index in [2.05, 4.69) is 23.7 Å². The summed E-state index contributed by atoms with van der Waals surface area (Å²) in [5.41, 5.74) is 0.326. The first-order valence-electron chi connectivity index (χ1n) is 7.17. The van der Waals surface area contributed by atoms with Crippen LogP contribution in [0.2, 0.25) is 0 Å². The lowest BCUT2D eigenvalue weighted by Gasteiger charge is -2.38. The molecule has 1 aliphatic rings. The van der Waals surface area contributed by atoms with Gasteiger partial charge in [0.15, 0.2) is 0 Å². The van der Waals surface area contributed by atoms with Gasteiger partial charge in [-0.3, -0.25) is 9.69 Å². The Hall–Kier alpha value is -1.14. The van der Waals surface area contributed by atoms with Crippen molar-refractivity contribution >= 4 is 17.3 Å². The van der Waals surface area contributed by atoms with Crippen LogP contribution in [0.15, 0.2) is 4.79 Å². The van der Waals surface area contributed by atoms with E-state index in [0.29, 0.717) is 30.9 Å². The van der Waals surface area contributed by atoms with Crippen molar-refractivity contribution in [2.45, 2.75) is 58.7 Å². The zero-order chi connectivity index (χ0) is 14.7. The van der Waals surface area contributed by atoms with Crippen LogP contribution in [0.1, 0.15) is 55.4 Å². The average Bonchev–Trinajstić information content (AvgIpc) is 2.75. The number of esters is 1. The van der Waals surface area contributed by atoms with Crippen LogP contribution in [0.5, 0.6) is 0 Å². The van der Waals surface area contributed by atoms with Gasteiger partial charge in [-0.2, -0.15) is 0 Å². The van der Waals surface area contributed by atoms with E-state index >= 15 is 0 Å². The number of nitrogens with zero attached hydrogens (tertiary/aromatic N) is 1. The summed E-state index contributed by atoms with van der Waals surface area (Å²) >= 11 is 1.11. The smallest absolute Gasteiger partial charge is 0.356 e. The van der Waals surface area contributed by atoms with Gasteiger partial charge in [-0.1, -0.05) is 17.8 Å². The summed E-state index contributed by atoms with van der Waals surface area (Å²) < 4.78 is 5.00. The number of piperidine rings is 1. The quantitative estimate of drug-likeness (QED) is 0.867. The fraction of sp³-hybridized carbons (Fsp3) is 0.714. The number of likely N-dealkylation sites (tertiary alicyclic amines) is 1. The van der Waals surface area contributed by atoms with E-state index in [1.165, 1.54) is 19.3 Å². The number of rotatable bonds is 4. The summed E-state index contributed by atoms with van der Waals surface area (Å²) in [6.07, 6.45) is 3.57. The first-order chi connectivity index (χ1) is 9.52. The predicted molar refractivity (Wildman–Crippen MR) is 79.2 cm³/mol. The molecule has 1 saturated heterocycles. The molecular formula is C14H22N2O3S. The number of hydrogen-bond donors (Lipinski definition) is 1. The Balaban J connectivity index is 2.20. The van der Waals surface area contributed by atoms with Gasteiger partial charge >= 0.3 is 10.8 Å². The highest BCUT2D eigenvalue weighted by Crippen LogP contribution is 2.26. The number of aromatic amines is 1. The van der Waals surface area contributed by atoms with Gasteiger partial charge in [0.1, 0.15) is 5.69 Å². The second-order valence-corrected chi connectivity index (χ2v) is 6.40. The van der Waals surface area contributed by atoms with Crippen LogP contribution in [-0.4, -0.2) is 34.5 Å². The van der Waals surface area contributed by atoms with Crippen molar-refractivity contribution in [3.8, 4) is 0 Å². The molecule has 0 amide bonds. The standard InChI is InChI=1S/C14H22N2O3S/c1-4-19-13(17)12-11(20-14(18)15-12)8-16-9(2)6-5-7-10(16)3/h9-10H,4-8H2,1-3H3,(H,15,18). The maximum absolute atomic E-state index is 11.9. The normalized spacial score (nSPS) is 23.8. The van der Waals surface area contributed by atoms with Crippen molar-refractivity contribution in [3.05, 3.63) is 20.2 Å². The van der Waals surface area contributed by atoms with Crippen LogP contribution < -0.4 is 4.87 Å². The van der Waals surface area contributed by atoms with Crippen LogP contribution in [-0.2, 0) is 11.3 Å². The Morgan fingerprint density at radius 3 is 2.65 bits per heavy atom. The predicted octanol–water partition coefficient (Wildman–Crippen LogP) is 2.38. The molecule has 0 aliphatic carbocycles. The molecule has 0 aromatic carbocycles. The van der Waals surface area contributed by atoms with Crippen molar-refractivity contribution in [3.63, 3.8) is 0 Å². The molecule has 20 heavy (non-hydrogen) atoms. The fourth-order valence-corrected chi connectivity index (χ4v) is 3.62. The average molecular weight is 298 g/mol. The van der Waals surface area contributed by atoms with Crippen molar-refractivity contribution in [1.82, 2.24) is 9.88 Å². The topological polar surface area (TPSA) is 62.4 Å².